The molecular weight excluding hydrogens is 267 g/mol. The van der Waals surface area contributed by atoms with E-state index in [0.717, 1.165) is 0 Å². The van der Waals surface area contributed by atoms with Gasteiger partial charge in [0.05, 0.1) is 0 Å². The van der Waals surface area contributed by atoms with Gasteiger partial charge in [0.25, 0.3) is 0 Å². The molecule has 1 rings (SSSR count). The maximum atomic E-state index is 2.34. The molecule has 0 N–H and O–H groups in total. The molecule has 0 saturated heterocycles. The van der Waals surface area contributed by atoms with Crippen molar-refractivity contribution in [1.29, 1.82) is 0 Å². The lowest BCUT2D eigenvalue weighted by atomic mass is 10.4. The van der Waals surface area contributed by atoms with E-state index in [2.05, 4.69) is 60.7 Å². The highest BCUT2D eigenvalue weighted by Crippen LogP contribution is 2.23. The lowest BCUT2D eigenvalue weighted by molar-refractivity contribution is 1.11. The first-order chi connectivity index (χ1) is 5.18. The summed E-state index contributed by atoms with van der Waals surface area (Å²) in [7, 11) is 0. The molecule has 0 amide bonds. The van der Waals surface area contributed by atoms with Crippen molar-refractivity contribution in [2.45, 2.75) is 24.0 Å². The van der Waals surface area contributed by atoms with Crippen LogP contribution in [0.4, 0.5) is 0 Å². The molecule has 0 spiro atoms. The Balaban J connectivity index is 2.71. The summed E-state index contributed by atoms with van der Waals surface area (Å²) in [6.45, 7) is 4.43. The molecule has 0 fully saturated rings. The third-order valence-electron chi connectivity index (χ3n) is 1.17. The minimum atomic E-state index is 0.674. The van der Waals surface area contributed by atoms with Gasteiger partial charge in [-0.2, -0.15) is 0 Å². The summed E-state index contributed by atoms with van der Waals surface area (Å²) in [5, 5.41) is 0.674. The van der Waals surface area contributed by atoms with E-state index >= 15 is 0 Å². The summed E-state index contributed by atoms with van der Waals surface area (Å²) < 4.78 is 1.31. The first-order valence-corrected chi connectivity index (χ1v) is 5.56. The Morgan fingerprint density at radius 2 is 2.09 bits per heavy atom. The van der Waals surface area contributed by atoms with Crippen LogP contribution in [0.1, 0.15) is 13.8 Å². The van der Waals surface area contributed by atoms with Crippen LogP contribution in [-0.2, 0) is 0 Å². The first kappa shape index (κ1) is 9.39. The summed E-state index contributed by atoms with van der Waals surface area (Å²) in [5.41, 5.74) is 0. The predicted molar refractivity (Wildman–Crippen MR) is 60.2 cm³/mol. The van der Waals surface area contributed by atoms with Gasteiger partial charge < -0.3 is 0 Å². The van der Waals surface area contributed by atoms with Crippen molar-refractivity contribution in [1.82, 2.24) is 0 Å². The summed E-state index contributed by atoms with van der Waals surface area (Å²) in [4.78, 5) is 1.37. The summed E-state index contributed by atoms with van der Waals surface area (Å²) in [6.07, 6.45) is 0. The second-order valence-corrected chi connectivity index (χ2v) is 5.52. The second-order valence-electron chi connectivity index (χ2n) is 2.62. The Morgan fingerprint density at radius 1 is 1.36 bits per heavy atom. The fourth-order valence-electron chi connectivity index (χ4n) is 0.812. The molecule has 0 saturated carbocycles. The normalized spacial score (nSPS) is 10.5. The standard InChI is InChI=1S/C9H11IS/c1-7(2)11-9-5-3-4-8(10)6-9/h3-7H,1-2H3. The zero-order valence-corrected chi connectivity index (χ0v) is 9.65. The number of rotatable bonds is 2. The minimum absolute atomic E-state index is 0.674. The highest BCUT2D eigenvalue weighted by Gasteiger charge is 1.97. The molecule has 0 nitrogen and oxygen atoms in total. The summed E-state index contributed by atoms with van der Waals surface area (Å²) in [5.74, 6) is 0. The van der Waals surface area contributed by atoms with Gasteiger partial charge in [-0.25, -0.2) is 0 Å². The highest BCUT2D eigenvalue weighted by atomic mass is 127. The van der Waals surface area contributed by atoms with Crippen LogP contribution in [0.3, 0.4) is 0 Å². The fraction of sp³-hybridized carbons (Fsp3) is 0.333. The molecular formula is C9H11IS. The smallest absolute Gasteiger partial charge is 0.0141 e. The average Bonchev–Trinajstić information content (AvgIpc) is 1.85. The summed E-state index contributed by atoms with van der Waals surface area (Å²) in [6, 6.07) is 8.59. The van der Waals surface area contributed by atoms with Crippen molar-refractivity contribution in [2.24, 2.45) is 0 Å². The number of hydrogen-bond acceptors (Lipinski definition) is 1. The zero-order valence-electron chi connectivity index (χ0n) is 6.67. The van der Waals surface area contributed by atoms with Crippen LogP contribution in [0, 0.1) is 3.57 Å². The van der Waals surface area contributed by atoms with Crippen LogP contribution < -0.4 is 0 Å². The molecule has 0 heterocycles. The molecule has 0 aliphatic rings. The largest absolute Gasteiger partial charge is 0.123 e. The second kappa shape index (κ2) is 4.36. The van der Waals surface area contributed by atoms with Crippen LogP contribution in [0.2, 0.25) is 0 Å². The molecule has 2 heteroatoms. The third-order valence-corrected chi connectivity index (χ3v) is 2.84. The summed E-state index contributed by atoms with van der Waals surface area (Å²) >= 11 is 4.25. The molecule has 0 radical (unpaired) electrons. The molecule has 1 aromatic carbocycles. The van der Waals surface area contributed by atoms with E-state index < -0.39 is 0 Å². The molecule has 0 bridgehead atoms. The predicted octanol–water partition coefficient (Wildman–Crippen LogP) is 3.79. The van der Waals surface area contributed by atoms with Gasteiger partial charge >= 0.3 is 0 Å². The Morgan fingerprint density at radius 3 is 2.64 bits per heavy atom. The quantitative estimate of drug-likeness (QED) is 0.586. The number of halogens is 1. The Bertz CT molecular complexity index is 233. The van der Waals surface area contributed by atoms with Crippen LogP contribution >= 0.6 is 34.4 Å². The highest BCUT2D eigenvalue weighted by molar-refractivity contribution is 14.1. The number of thioether (sulfide) groups is 1. The molecule has 0 aliphatic carbocycles. The molecule has 60 valence electrons. The van der Waals surface area contributed by atoms with E-state index in [9.17, 15) is 0 Å². The maximum absolute atomic E-state index is 2.34. The van der Waals surface area contributed by atoms with E-state index in [1.807, 2.05) is 11.8 Å². The van der Waals surface area contributed by atoms with Gasteiger partial charge in [0.15, 0.2) is 0 Å². The molecule has 0 atom stereocenters. The van der Waals surface area contributed by atoms with Crippen molar-refractivity contribution in [2.75, 3.05) is 0 Å². The van der Waals surface area contributed by atoms with Crippen molar-refractivity contribution < 1.29 is 0 Å². The van der Waals surface area contributed by atoms with Gasteiger partial charge in [-0.3, -0.25) is 0 Å². The van der Waals surface area contributed by atoms with E-state index in [4.69, 9.17) is 0 Å². The third kappa shape index (κ3) is 3.47. The van der Waals surface area contributed by atoms with E-state index in [1.165, 1.54) is 8.47 Å². The van der Waals surface area contributed by atoms with Crippen molar-refractivity contribution in [3.05, 3.63) is 27.8 Å². The van der Waals surface area contributed by atoms with Gasteiger partial charge in [-0.1, -0.05) is 19.9 Å². The molecule has 0 aromatic heterocycles. The van der Waals surface area contributed by atoms with Crippen molar-refractivity contribution in [3.63, 3.8) is 0 Å². The Labute approximate surface area is 85.9 Å². The number of benzene rings is 1. The van der Waals surface area contributed by atoms with E-state index in [0.29, 0.717) is 5.25 Å². The molecule has 0 aliphatic heterocycles. The van der Waals surface area contributed by atoms with Crippen LogP contribution in [0.15, 0.2) is 29.2 Å². The van der Waals surface area contributed by atoms with E-state index in [-0.39, 0.29) is 0 Å². The topological polar surface area (TPSA) is 0 Å². The molecule has 11 heavy (non-hydrogen) atoms. The Hall–Kier alpha value is 0.300. The van der Waals surface area contributed by atoms with E-state index in [1.54, 1.807) is 0 Å². The minimum Gasteiger partial charge on any atom is -0.123 e. The molecule has 1 aromatic rings. The SMILES string of the molecule is CC(C)Sc1cccc(I)c1. The van der Waals surface area contributed by atoms with Crippen LogP contribution in [-0.4, -0.2) is 5.25 Å². The Kier molecular flexibility index (Phi) is 3.72. The van der Waals surface area contributed by atoms with Crippen LogP contribution in [0.25, 0.3) is 0 Å². The first-order valence-electron chi connectivity index (χ1n) is 3.60. The molecule has 0 unspecified atom stereocenters. The van der Waals surface area contributed by atoms with Gasteiger partial charge in [0, 0.05) is 13.7 Å². The van der Waals surface area contributed by atoms with Gasteiger partial charge in [0.1, 0.15) is 0 Å². The number of hydrogen-bond donors (Lipinski definition) is 0. The zero-order chi connectivity index (χ0) is 8.27. The van der Waals surface area contributed by atoms with Gasteiger partial charge in [0.2, 0.25) is 0 Å². The lowest BCUT2D eigenvalue weighted by Gasteiger charge is -2.03. The van der Waals surface area contributed by atoms with Crippen LogP contribution in [0.5, 0.6) is 0 Å². The van der Waals surface area contributed by atoms with Crippen molar-refractivity contribution >= 4 is 34.4 Å². The van der Waals surface area contributed by atoms with Crippen molar-refractivity contribution in [3.8, 4) is 0 Å². The lowest BCUT2D eigenvalue weighted by Crippen LogP contribution is -1.85. The fourth-order valence-corrected chi connectivity index (χ4v) is 2.46. The van der Waals surface area contributed by atoms with Gasteiger partial charge in [-0.15, -0.1) is 11.8 Å². The average molecular weight is 278 g/mol. The monoisotopic (exact) mass is 278 g/mol. The van der Waals surface area contributed by atoms with Gasteiger partial charge in [-0.05, 0) is 40.8 Å². The maximum Gasteiger partial charge on any atom is 0.0141 e.